The molecule has 2 aromatic rings. The molecule has 2 aliphatic rings. The number of likely N-dealkylation sites (tertiary alicyclic amines) is 1. The molecule has 2 aliphatic heterocycles. The maximum Gasteiger partial charge on any atom is 0.416 e. The summed E-state index contributed by atoms with van der Waals surface area (Å²) in [6, 6.07) is 11.3. The largest absolute Gasteiger partial charge is 0.416 e. The summed E-state index contributed by atoms with van der Waals surface area (Å²) in [5, 5.41) is 3.70. The monoisotopic (exact) mass is 663 g/mol. The molecular formula is C35H49ClF3N5O2. The standard InChI is InChI=1S/C35H49ClF3N5O2/c1-23(2)19-31(40-33(45)13-14-41(5)6)28-20-26(35(37,38)39)9-12-32(28)42-15-17-43(18-16-42)34(46)30-22-44(24(3)4)21-29(30)25-7-10-27(36)11-8-25/h7-12,20,23-24,29-31H,13-19,21-22H2,1-6H3,(H,40,45)/t29-,30+,31-/m0/s1. The fourth-order valence-electron chi connectivity index (χ4n) is 6.58. The van der Waals surface area contributed by atoms with E-state index in [1.165, 1.54) is 12.1 Å². The van der Waals surface area contributed by atoms with Gasteiger partial charge in [-0.1, -0.05) is 37.6 Å². The lowest BCUT2D eigenvalue weighted by molar-refractivity contribution is -0.138. The van der Waals surface area contributed by atoms with Crippen molar-refractivity contribution in [2.24, 2.45) is 11.8 Å². The minimum Gasteiger partial charge on any atom is -0.368 e. The van der Waals surface area contributed by atoms with Gasteiger partial charge in [-0.3, -0.25) is 14.5 Å². The number of piperazine rings is 1. The van der Waals surface area contributed by atoms with Gasteiger partial charge < -0.3 is 20.0 Å². The first-order valence-electron chi connectivity index (χ1n) is 16.3. The summed E-state index contributed by atoms with van der Waals surface area (Å²) in [6.07, 6.45) is -3.76. The lowest BCUT2D eigenvalue weighted by Gasteiger charge is -2.39. The third-order valence-corrected chi connectivity index (χ3v) is 9.44. The van der Waals surface area contributed by atoms with E-state index in [9.17, 15) is 22.8 Å². The SMILES string of the molecule is CC(C)C[C@H](NC(=O)CCN(C)C)c1cc(C(F)(F)F)ccc1N1CCN(C(=O)[C@@H]2CN(C(C)C)C[C@H]2c2ccc(Cl)cc2)CC1. The van der Waals surface area contributed by atoms with Gasteiger partial charge in [-0.2, -0.15) is 13.2 Å². The van der Waals surface area contributed by atoms with Crippen molar-refractivity contribution in [3.05, 3.63) is 64.2 Å². The molecule has 11 heteroatoms. The van der Waals surface area contributed by atoms with Crippen molar-refractivity contribution in [2.45, 2.75) is 64.7 Å². The van der Waals surface area contributed by atoms with Gasteiger partial charge >= 0.3 is 6.18 Å². The number of benzene rings is 2. The zero-order chi connectivity index (χ0) is 33.8. The molecule has 0 saturated carbocycles. The highest BCUT2D eigenvalue weighted by atomic mass is 35.5. The second-order valence-corrected chi connectivity index (χ2v) is 14.1. The summed E-state index contributed by atoms with van der Waals surface area (Å²) in [5.41, 5.74) is 1.50. The number of alkyl halides is 3. The quantitative estimate of drug-likeness (QED) is 0.307. The lowest BCUT2D eigenvalue weighted by atomic mass is 9.88. The van der Waals surface area contributed by atoms with Crippen molar-refractivity contribution in [2.75, 3.05) is 64.8 Å². The number of hydrogen-bond donors (Lipinski definition) is 1. The normalized spacial score (nSPS) is 20.2. The van der Waals surface area contributed by atoms with Crippen LogP contribution in [0.1, 0.15) is 69.2 Å². The second-order valence-electron chi connectivity index (χ2n) is 13.7. The first-order chi connectivity index (χ1) is 21.6. The predicted octanol–water partition coefficient (Wildman–Crippen LogP) is 6.29. The Balaban J connectivity index is 1.55. The summed E-state index contributed by atoms with van der Waals surface area (Å²) in [4.78, 5) is 35.1. The summed E-state index contributed by atoms with van der Waals surface area (Å²) in [6.45, 7) is 12.2. The van der Waals surface area contributed by atoms with E-state index in [2.05, 4.69) is 29.0 Å². The van der Waals surface area contributed by atoms with Crippen LogP contribution in [0.4, 0.5) is 18.9 Å². The highest BCUT2D eigenvalue weighted by molar-refractivity contribution is 6.30. The van der Waals surface area contributed by atoms with Crippen LogP contribution >= 0.6 is 11.6 Å². The van der Waals surface area contributed by atoms with Crippen LogP contribution in [0.3, 0.4) is 0 Å². The Bertz CT molecular complexity index is 1330. The second kappa shape index (κ2) is 15.4. The maximum absolute atomic E-state index is 14.0. The number of carbonyl (C=O) groups is 2. The summed E-state index contributed by atoms with van der Waals surface area (Å²) in [7, 11) is 3.75. The molecule has 46 heavy (non-hydrogen) atoms. The van der Waals surface area contributed by atoms with Gasteiger partial charge in [0.1, 0.15) is 0 Å². The lowest BCUT2D eigenvalue weighted by Crippen LogP contribution is -2.51. The van der Waals surface area contributed by atoms with Crippen LogP contribution in [0, 0.1) is 11.8 Å². The molecule has 0 unspecified atom stereocenters. The molecule has 254 valence electrons. The Hall–Kier alpha value is -2.82. The van der Waals surface area contributed by atoms with Crippen molar-refractivity contribution < 1.29 is 22.8 Å². The van der Waals surface area contributed by atoms with Gasteiger partial charge in [0.15, 0.2) is 0 Å². The molecule has 2 fully saturated rings. The fraction of sp³-hybridized carbons (Fsp3) is 0.600. The Morgan fingerprint density at radius 3 is 2.20 bits per heavy atom. The van der Waals surface area contributed by atoms with E-state index in [4.69, 9.17) is 11.6 Å². The molecule has 2 aromatic carbocycles. The number of amides is 2. The zero-order valence-corrected chi connectivity index (χ0v) is 28.7. The van der Waals surface area contributed by atoms with Crippen LogP contribution in [0.5, 0.6) is 0 Å². The molecule has 0 radical (unpaired) electrons. The maximum atomic E-state index is 14.0. The summed E-state index contributed by atoms with van der Waals surface area (Å²) in [5.74, 6) is -0.0767. The first-order valence-corrected chi connectivity index (χ1v) is 16.7. The van der Waals surface area contributed by atoms with E-state index < -0.39 is 17.8 Å². The number of anilines is 1. The molecule has 0 spiro atoms. The average Bonchev–Trinajstić information content (AvgIpc) is 3.45. The summed E-state index contributed by atoms with van der Waals surface area (Å²) >= 11 is 6.15. The average molecular weight is 664 g/mol. The van der Waals surface area contributed by atoms with Gasteiger partial charge in [-0.15, -0.1) is 0 Å². The number of nitrogens with one attached hydrogen (secondary N) is 1. The molecule has 2 heterocycles. The zero-order valence-electron chi connectivity index (χ0n) is 27.9. The Kier molecular flexibility index (Phi) is 12.1. The van der Waals surface area contributed by atoms with Crippen molar-refractivity contribution in [3.63, 3.8) is 0 Å². The third kappa shape index (κ3) is 9.16. The molecule has 0 bridgehead atoms. The van der Waals surface area contributed by atoms with Crippen molar-refractivity contribution >= 4 is 29.1 Å². The number of halogens is 4. The molecule has 0 aromatic heterocycles. The molecule has 0 aliphatic carbocycles. The van der Waals surface area contributed by atoms with Gasteiger partial charge in [-0.05, 0) is 81.7 Å². The molecule has 2 amide bonds. The Morgan fingerprint density at radius 1 is 0.978 bits per heavy atom. The Morgan fingerprint density at radius 2 is 1.63 bits per heavy atom. The van der Waals surface area contributed by atoms with E-state index in [0.717, 1.165) is 18.2 Å². The molecule has 7 nitrogen and oxygen atoms in total. The van der Waals surface area contributed by atoms with Crippen LogP contribution in [0.15, 0.2) is 42.5 Å². The first kappa shape index (κ1) is 36.0. The van der Waals surface area contributed by atoms with Crippen molar-refractivity contribution in [1.82, 2.24) is 20.0 Å². The van der Waals surface area contributed by atoms with E-state index in [1.54, 1.807) is 0 Å². The number of hydrogen-bond acceptors (Lipinski definition) is 5. The minimum atomic E-state index is -4.51. The van der Waals surface area contributed by atoms with Crippen LogP contribution in [0.2, 0.25) is 5.02 Å². The minimum absolute atomic E-state index is 0.0552. The van der Waals surface area contributed by atoms with E-state index in [-0.39, 0.29) is 36.0 Å². The molecular weight excluding hydrogens is 615 g/mol. The summed E-state index contributed by atoms with van der Waals surface area (Å²) < 4.78 is 41.8. The third-order valence-electron chi connectivity index (χ3n) is 9.18. The van der Waals surface area contributed by atoms with E-state index in [0.29, 0.717) is 68.0 Å². The van der Waals surface area contributed by atoms with Gasteiger partial charge in [-0.25, -0.2) is 0 Å². The van der Waals surface area contributed by atoms with Crippen LogP contribution in [-0.2, 0) is 15.8 Å². The number of nitrogens with zero attached hydrogens (tertiary/aromatic N) is 4. The Labute approximate surface area is 277 Å². The van der Waals surface area contributed by atoms with Gasteiger partial charge in [0.2, 0.25) is 11.8 Å². The molecule has 4 rings (SSSR count). The molecule has 3 atom stereocenters. The number of carbonyl (C=O) groups excluding carboxylic acids is 2. The van der Waals surface area contributed by atoms with E-state index >= 15 is 0 Å². The number of rotatable bonds is 11. The fourth-order valence-corrected chi connectivity index (χ4v) is 6.71. The van der Waals surface area contributed by atoms with Crippen LogP contribution in [-0.4, -0.2) is 92.5 Å². The predicted molar refractivity (Wildman–Crippen MR) is 178 cm³/mol. The van der Waals surface area contributed by atoms with Gasteiger partial charge in [0.25, 0.3) is 0 Å². The van der Waals surface area contributed by atoms with Crippen LogP contribution < -0.4 is 10.2 Å². The van der Waals surface area contributed by atoms with Crippen molar-refractivity contribution in [3.8, 4) is 0 Å². The topological polar surface area (TPSA) is 59.1 Å². The highest BCUT2D eigenvalue weighted by Gasteiger charge is 2.42. The smallest absolute Gasteiger partial charge is 0.368 e. The van der Waals surface area contributed by atoms with Gasteiger partial charge in [0, 0.05) is 74.9 Å². The molecule has 1 N–H and O–H groups in total. The van der Waals surface area contributed by atoms with Crippen molar-refractivity contribution in [1.29, 1.82) is 0 Å². The highest BCUT2D eigenvalue weighted by Crippen LogP contribution is 2.39. The van der Waals surface area contributed by atoms with Crippen LogP contribution in [0.25, 0.3) is 0 Å². The van der Waals surface area contributed by atoms with E-state index in [1.807, 2.05) is 62.0 Å². The van der Waals surface area contributed by atoms with Gasteiger partial charge in [0.05, 0.1) is 17.5 Å². The molecule has 2 saturated heterocycles.